The summed E-state index contributed by atoms with van der Waals surface area (Å²) in [5, 5.41) is 0. The van der Waals surface area contributed by atoms with Crippen molar-refractivity contribution in [2.45, 2.75) is 38.3 Å². The molecule has 104 valence electrons. The molecule has 0 spiro atoms. The monoisotopic (exact) mass is 295 g/mol. The molecule has 0 rings (SSSR count). The number of rotatable bonds is 9. The van der Waals surface area contributed by atoms with Crippen LogP contribution in [0.2, 0.25) is 0 Å². The molecule has 0 aromatic rings. The Morgan fingerprint density at radius 1 is 1.06 bits per heavy atom. The summed E-state index contributed by atoms with van der Waals surface area (Å²) in [6.45, 7) is 0.255. The molecule has 0 radical (unpaired) electrons. The number of nitrogens with one attached hydrogen (secondary N) is 1. The van der Waals surface area contributed by atoms with Gasteiger partial charge in [0.25, 0.3) is 0 Å². The molecule has 0 aliphatic carbocycles. The number of hydrogen-bond acceptors (Lipinski definition) is 2. The van der Waals surface area contributed by atoms with Crippen LogP contribution in [0, 0.1) is 0 Å². The molecule has 0 aromatic carbocycles. The second kappa shape index (κ2) is 8.16. The minimum atomic E-state index is -4.30. The van der Waals surface area contributed by atoms with Crippen LogP contribution in [0.3, 0.4) is 0 Å². The van der Waals surface area contributed by atoms with Crippen LogP contribution < -0.4 is 4.72 Å². The molecule has 0 atom stereocenters. The van der Waals surface area contributed by atoms with Crippen molar-refractivity contribution in [1.82, 2.24) is 4.72 Å². The summed E-state index contributed by atoms with van der Waals surface area (Å²) in [7, 11) is -3.57. The van der Waals surface area contributed by atoms with E-state index >= 15 is 0 Å². The van der Waals surface area contributed by atoms with E-state index in [0.717, 1.165) is 12.8 Å². The summed E-state index contributed by atoms with van der Waals surface area (Å²) in [6.07, 6.45) is -3.52. The first kappa shape index (κ1) is 17.0. The molecule has 8 heteroatoms. The molecule has 0 aliphatic rings. The highest BCUT2D eigenvalue weighted by molar-refractivity contribution is 7.89. The van der Waals surface area contributed by atoms with Gasteiger partial charge < -0.3 is 0 Å². The molecule has 0 saturated carbocycles. The van der Waals surface area contributed by atoms with Crippen molar-refractivity contribution in [3.8, 4) is 0 Å². The first-order valence-electron chi connectivity index (χ1n) is 5.37. The predicted molar refractivity (Wildman–Crippen MR) is 61.6 cm³/mol. The third kappa shape index (κ3) is 12.2. The highest BCUT2D eigenvalue weighted by atomic mass is 35.5. The van der Waals surface area contributed by atoms with E-state index < -0.39 is 34.8 Å². The lowest BCUT2D eigenvalue weighted by Crippen LogP contribution is -2.28. The lowest BCUT2D eigenvalue weighted by molar-refractivity contribution is -0.134. The smallest absolute Gasteiger partial charge is 0.215 e. The zero-order chi connectivity index (χ0) is 13.4. The zero-order valence-electron chi connectivity index (χ0n) is 9.39. The first-order chi connectivity index (χ1) is 7.77. The van der Waals surface area contributed by atoms with Gasteiger partial charge in [-0.1, -0.05) is 6.42 Å². The highest BCUT2D eigenvalue weighted by Gasteiger charge is 2.27. The maximum absolute atomic E-state index is 11.8. The maximum atomic E-state index is 11.8. The Morgan fingerprint density at radius 2 is 1.71 bits per heavy atom. The molecule has 0 heterocycles. The summed E-state index contributed by atoms with van der Waals surface area (Å²) in [6, 6.07) is 0. The van der Waals surface area contributed by atoms with Gasteiger partial charge in [0.2, 0.25) is 10.0 Å². The van der Waals surface area contributed by atoms with Crippen molar-refractivity contribution in [2.75, 3.05) is 18.2 Å². The quantitative estimate of drug-likeness (QED) is 0.525. The Kier molecular flexibility index (Phi) is 8.15. The van der Waals surface area contributed by atoms with Gasteiger partial charge in [-0.2, -0.15) is 13.2 Å². The van der Waals surface area contributed by atoms with Crippen LogP contribution in [0.15, 0.2) is 0 Å². The van der Waals surface area contributed by atoms with Gasteiger partial charge >= 0.3 is 6.18 Å². The van der Waals surface area contributed by atoms with Crippen LogP contribution in [0.1, 0.15) is 32.1 Å². The van der Waals surface area contributed by atoms with Crippen LogP contribution in [-0.4, -0.2) is 32.8 Å². The molecular weight excluding hydrogens is 279 g/mol. The SMILES string of the molecule is O=S(=O)(CCCC(F)(F)F)NCCCCCCl. The van der Waals surface area contributed by atoms with E-state index in [1.807, 2.05) is 0 Å². The summed E-state index contributed by atoms with van der Waals surface area (Å²) in [5.74, 6) is 0.0420. The summed E-state index contributed by atoms with van der Waals surface area (Å²) >= 11 is 5.44. The van der Waals surface area contributed by atoms with E-state index in [4.69, 9.17) is 11.6 Å². The van der Waals surface area contributed by atoms with E-state index in [1.54, 1.807) is 0 Å². The molecule has 0 unspecified atom stereocenters. The van der Waals surface area contributed by atoms with Crippen LogP contribution in [0.4, 0.5) is 13.2 Å². The maximum Gasteiger partial charge on any atom is 0.389 e. The Hall–Kier alpha value is -0.0100. The summed E-state index contributed by atoms with van der Waals surface area (Å²) in [5.41, 5.74) is 0. The van der Waals surface area contributed by atoms with Gasteiger partial charge in [-0.05, 0) is 19.3 Å². The van der Waals surface area contributed by atoms with Crippen LogP contribution in [0.25, 0.3) is 0 Å². The molecule has 0 aromatic heterocycles. The van der Waals surface area contributed by atoms with Crippen molar-refractivity contribution in [2.24, 2.45) is 0 Å². The standard InChI is InChI=1S/C9H17ClF3NO2S/c10-6-2-1-3-7-14-17(15,16)8-4-5-9(11,12)13/h14H,1-8H2. The van der Waals surface area contributed by atoms with Gasteiger partial charge in [-0.15, -0.1) is 11.6 Å². The van der Waals surface area contributed by atoms with Crippen molar-refractivity contribution >= 4 is 21.6 Å². The first-order valence-corrected chi connectivity index (χ1v) is 7.55. The van der Waals surface area contributed by atoms with E-state index in [-0.39, 0.29) is 6.54 Å². The van der Waals surface area contributed by atoms with Crippen molar-refractivity contribution in [1.29, 1.82) is 0 Å². The normalized spacial score (nSPS) is 12.9. The number of alkyl halides is 4. The van der Waals surface area contributed by atoms with E-state index in [2.05, 4.69) is 4.72 Å². The Labute approximate surface area is 105 Å². The van der Waals surface area contributed by atoms with Crippen LogP contribution in [0.5, 0.6) is 0 Å². The lowest BCUT2D eigenvalue weighted by Gasteiger charge is -2.08. The molecular formula is C9H17ClF3NO2S. The van der Waals surface area contributed by atoms with Gasteiger partial charge in [0.15, 0.2) is 0 Å². The lowest BCUT2D eigenvalue weighted by atomic mass is 10.2. The van der Waals surface area contributed by atoms with Gasteiger partial charge in [-0.3, -0.25) is 0 Å². The average Bonchev–Trinajstić information content (AvgIpc) is 2.14. The van der Waals surface area contributed by atoms with E-state index in [0.29, 0.717) is 12.3 Å². The molecule has 0 aliphatic heterocycles. The van der Waals surface area contributed by atoms with Gasteiger partial charge in [0.05, 0.1) is 5.75 Å². The summed E-state index contributed by atoms with van der Waals surface area (Å²) in [4.78, 5) is 0. The average molecular weight is 296 g/mol. The van der Waals surface area contributed by atoms with Crippen molar-refractivity contribution < 1.29 is 21.6 Å². The molecule has 3 nitrogen and oxygen atoms in total. The summed E-state index contributed by atoms with van der Waals surface area (Å²) < 4.78 is 60.1. The second-order valence-corrected chi connectivity index (χ2v) is 5.99. The fourth-order valence-corrected chi connectivity index (χ4v) is 2.47. The Bertz CT molecular complexity index is 293. The fourth-order valence-electron chi connectivity index (χ4n) is 1.16. The fraction of sp³-hybridized carbons (Fsp3) is 1.00. The van der Waals surface area contributed by atoms with Gasteiger partial charge in [0, 0.05) is 18.8 Å². The minimum Gasteiger partial charge on any atom is -0.215 e. The highest BCUT2D eigenvalue weighted by Crippen LogP contribution is 2.21. The third-order valence-corrected chi connectivity index (χ3v) is 3.74. The minimum absolute atomic E-state index is 0.255. The van der Waals surface area contributed by atoms with Gasteiger partial charge in [-0.25, -0.2) is 13.1 Å². The largest absolute Gasteiger partial charge is 0.389 e. The molecule has 0 amide bonds. The second-order valence-electron chi connectivity index (χ2n) is 3.68. The molecule has 0 saturated heterocycles. The predicted octanol–water partition coefficient (Wildman–Crippen LogP) is 2.66. The molecule has 1 N–H and O–H groups in total. The number of halogens is 4. The number of hydrogen-bond donors (Lipinski definition) is 1. The molecule has 17 heavy (non-hydrogen) atoms. The topological polar surface area (TPSA) is 46.2 Å². The van der Waals surface area contributed by atoms with Crippen molar-refractivity contribution in [3.63, 3.8) is 0 Å². The number of unbranched alkanes of at least 4 members (excludes halogenated alkanes) is 2. The Balaban J connectivity index is 3.67. The van der Waals surface area contributed by atoms with E-state index in [1.165, 1.54) is 0 Å². The Morgan fingerprint density at radius 3 is 2.24 bits per heavy atom. The van der Waals surface area contributed by atoms with Gasteiger partial charge in [0.1, 0.15) is 0 Å². The third-order valence-electron chi connectivity index (χ3n) is 2.01. The van der Waals surface area contributed by atoms with Crippen molar-refractivity contribution in [3.05, 3.63) is 0 Å². The van der Waals surface area contributed by atoms with Crippen LogP contribution in [-0.2, 0) is 10.0 Å². The number of sulfonamides is 1. The molecule has 0 bridgehead atoms. The van der Waals surface area contributed by atoms with Crippen LogP contribution >= 0.6 is 11.6 Å². The van der Waals surface area contributed by atoms with E-state index in [9.17, 15) is 21.6 Å². The molecule has 0 fully saturated rings. The zero-order valence-corrected chi connectivity index (χ0v) is 11.0.